The highest BCUT2D eigenvalue weighted by atomic mass is 16.4. The number of hydrogen-bond donors (Lipinski definition) is 8. The topological polar surface area (TPSA) is 270 Å². The van der Waals surface area contributed by atoms with E-state index < -0.39 is 66.3 Å². The van der Waals surface area contributed by atoms with Crippen molar-refractivity contribution in [1.82, 2.24) is 15.5 Å². The van der Waals surface area contributed by atoms with Crippen molar-refractivity contribution in [1.29, 1.82) is 0 Å². The van der Waals surface area contributed by atoms with Gasteiger partial charge in [0.15, 0.2) is 5.96 Å². The van der Waals surface area contributed by atoms with Crippen molar-refractivity contribution in [2.45, 2.75) is 69.3 Å². The van der Waals surface area contributed by atoms with E-state index in [0.29, 0.717) is 12.8 Å². The Bertz CT molecular complexity index is 800. The number of carbonyl (C=O) groups is 5. The summed E-state index contributed by atoms with van der Waals surface area (Å²) >= 11 is 0. The van der Waals surface area contributed by atoms with Crippen LogP contribution in [0.2, 0.25) is 0 Å². The van der Waals surface area contributed by atoms with E-state index >= 15 is 0 Å². The summed E-state index contributed by atoms with van der Waals surface area (Å²) < 4.78 is 0. The van der Waals surface area contributed by atoms with Crippen LogP contribution in [0.25, 0.3) is 0 Å². The Balaban J connectivity index is 2.86. The van der Waals surface area contributed by atoms with Gasteiger partial charge in [0.1, 0.15) is 18.1 Å². The quantitative estimate of drug-likeness (QED) is 0.0704. The molecule has 0 saturated carbocycles. The molecule has 0 bridgehead atoms. The van der Waals surface area contributed by atoms with Gasteiger partial charge in [-0.15, -0.1) is 0 Å². The van der Waals surface area contributed by atoms with Gasteiger partial charge in [0.2, 0.25) is 23.6 Å². The highest BCUT2D eigenvalue weighted by molar-refractivity contribution is 5.95. The van der Waals surface area contributed by atoms with Crippen LogP contribution in [0.4, 0.5) is 0 Å². The van der Waals surface area contributed by atoms with Gasteiger partial charge in [-0.3, -0.25) is 24.2 Å². The van der Waals surface area contributed by atoms with Crippen molar-refractivity contribution < 1.29 is 34.2 Å². The largest absolute Gasteiger partial charge is 0.480 e. The lowest BCUT2D eigenvalue weighted by Gasteiger charge is -2.31. The van der Waals surface area contributed by atoms with Crippen LogP contribution in [0, 0.1) is 0 Å². The molecular formula is C19H34N8O7. The fraction of sp³-hybridized carbons (Fsp3) is 0.684. The Labute approximate surface area is 196 Å². The fourth-order valence-corrected chi connectivity index (χ4v) is 3.47. The van der Waals surface area contributed by atoms with E-state index in [-0.39, 0.29) is 31.9 Å². The molecule has 34 heavy (non-hydrogen) atoms. The van der Waals surface area contributed by atoms with Crippen molar-refractivity contribution in [2.75, 3.05) is 13.1 Å². The first kappa shape index (κ1) is 28.6. The van der Waals surface area contributed by atoms with Crippen molar-refractivity contribution in [3.63, 3.8) is 0 Å². The normalized spacial score (nSPS) is 18.8. The standard InChI is InChI=1S/C19H34N8O7/c1-9(28)14(26-15(30)10(20)8-13(21)29)17(32)27-7-3-5-12(27)16(31)25-11(18(33)34)4-2-6-24-19(22)23/h9-12,14,28H,2-8,20H2,1H3,(H2,21,29)(H,25,31)(H,26,30)(H,33,34)(H4,22,23,24)/t9-,10+,11+,12+,14+/m1/s1. The number of guanidine groups is 1. The smallest absolute Gasteiger partial charge is 0.326 e. The summed E-state index contributed by atoms with van der Waals surface area (Å²) in [5, 5.41) is 24.2. The van der Waals surface area contributed by atoms with Crippen LogP contribution < -0.4 is 33.6 Å². The van der Waals surface area contributed by atoms with Gasteiger partial charge in [-0.05, 0) is 32.6 Å². The molecule has 0 spiro atoms. The molecule has 0 aromatic rings. The molecule has 0 radical (unpaired) electrons. The van der Waals surface area contributed by atoms with E-state index in [9.17, 15) is 34.2 Å². The molecule has 15 heteroatoms. The summed E-state index contributed by atoms with van der Waals surface area (Å²) in [7, 11) is 0. The van der Waals surface area contributed by atoms with E-state index in [2.05, 4.69) is 15.6 Å². The number of aliphatic hydroxyl groups is 1. The van der Waals surface area contributed by atoms with Crippen LogP contribution in [0.1, 0.15) is 39.0 Å². The number of nitrogens with one attached hydrogen (secondary N) is 2. The third kappa shape index (κ3) is 8.82. The van der Waals surface area contributed by atoms with Crippen LogP contribution >= 0.6 is 0 Å². The molecule has 0 aromatic carbocycles. The molecular weight excluding hydrogens is 452 g/mol. The molecule has 1 rings (SSSR count). The number of aliphatic hydroxyl groups excluding tert-OH is 1. The lowest BCUT2D eigenvalue weighted by Crippen LogP contribution is -2.59. The van der Waals surface area contributed by atoms with Gasteiger partial charge < -0.3 is 48.7 Å². The number of hydrogen-bond acceptors (Lipinski definition) is 8. The maximum Gasteiger partial charge on any atom is 0.326 e. The predicted octanol–water partition coefficient (Wildman–Crippen LogP) is -4.33. The van der Waals surface area contributed by atoms with Crippen LogP contribution in [-0.2, 0) is 24.0 Å². The second kappa shape index (κ2) is 13.3. The molecule has 1 aliphatic rings. The molecule has 0 aliphatic carbocycles. The molecule has 4 amide bonds. The van der Waals surface area contributed by atoms with Crippen LogP contribution in [0.15, 0.2) is 4.99 Å². The SMILES string of the molecule is C[C@@H](O)[C@H](NC(=O)[C@@H](N)CC(N)=O)C(=O)N1CCC[C@H]1C(=O)N[C@@H](CCCN=C(N)N)C(=O)O. The number of aliphatic carboxylic acids is 1. The number of nitrogens with two attached hydrogens (primary N) is 4. The van der Waals surface area contributed by atoms with Crippen molar-refractivity contribution in [3.8, 4) is 0 Å². The summed E-state index contributed by atoms with van der Waals surface area (Å²) in [5.74, 6) is -4.50. The minimum atomic E-state index is -1.44. The number of aliphatic imine (C=N–C) groups is 1. The van der Waals surface area contributed by atoms with Crippen LogP contribution in [-0.4, -0.2) is 94.0 Å². The third-order valence-corrected chi connectivity index (χ3v) is 5.20. The van der Waals surface area contributed by atoms with Crippen molar-refractivity contribution in [3.05, 3.63) is 0 Å². The zero-order valence-electron chi connectivity index (χ0n) is 19.0. The Morgan fingerprint density at radius 2 is 1.79 bits per heavy atom. The second-order valence-electron chi connectivity index (χ2n) is 8.04. The maximum absolute atomic E-state index is 13.1. The van der Waals surface area contributed by atoms with Gasteiger partial charge in [0.05, 0.1) is 18.6 Å². The van der Waals surface area contributed by atoms with Crippen molar-refractivity contribution in [2.24, 2.45) is 27.9 Å². The highest BCUT2D eigenvalue weighted by Gasteiger charge is 2.40. The van der Waals surface area contributed by atoms with Gasteiger partial charge in [0, 0.05) is 13.1 Å². The van der Waals surface area contributed by atoms with Gasteiger partial charge in [-0.25, -0.2) is 4.79 Å². The zero-order valence-corrected chi connectivity index (χ0v) is 19.0. The molecule has 192 valence electrons. The lowest BCUT2D eigenvalue weighted by molar-refractivity contribution is -0.146. The fourth-order valence-electron chi connectivity index (χ4n) is 3.47. The zero-order chi connectivity index (χ0) is 26.0. The first-order valence-electron chi connectivity index (χ1n) is 10.8. The second-order valence-corrected chi connectivity index (χ2v) is 8.04. The van der Waals surface area contributed by atoms with Gasteiger partial charge in [-0.2, -0.15) is 0 Å². The summed E-state index contributed by atoms with van der Waals surface area (Å²) in [6.07, 6.45) is -0.731. The van der Waals surface area contributed by atoms with Crippen LogP contribution in [0.5, 0.6) is 0 Å². The molecule has 12 N–H and O–H groups in total. The molecule has 1 aliphatic heterocycles. The lowest BCUT2D eigenvalue weighted by atomic mass is 10.1. The molecule has 1 heterocycles. The third-order valence-electron chi connectivity index (χ3n) is 5.20. The predicted molar refractivity (Wildman–Crippen MR) is 120 cm³/mol. The average molecular weight is 487 g/mol. The van der Waals surface area contributed by atoms with Gasteiger partial charge >= 0.3 is 5.97 Å². The monoisotopic (exact) mass is 486 g/mol. The number of primary amides is 1. The van der Waals surface area contributed by atoms with E-state index in [1.165, 1.54) is 11.8 Å². The molecule has 1 fully saturated rings. The van der Waals surface area contributed by atoms with Crippen molar-refractivity contribution >= 4 is 35.6 Å². The first-order chi connectivity index (χ1) is 15.8. The molecule has 5 atom stereocenters. The molecule has 0 unspecified atom stereocenters. The number of carbonyl (C=O) groups excluding carboxylic acids is 4. The minimum Gasteiger partial charge on any atom is -0.480 e. The van der Waals surface area contributed by atoms with E-state index in [1.54, 1.807) is 0 Å². The Kier molecular flexibility index (Phi) is 11.2. The number of amides is 4. The number of rotatable bonds is 13. The van der Waals surface area contributed by atoms with E-state index in [0.717, 1.165) is 0 Å². The first-order valence-corrected chi connectivity index (χ1v) is 10.8. The number of carboxylic acid groups (broad SMARTS) is 1. The van der Waals surface area contributed by atoms with E-state index in [1.807, 2.05) is 0 Å². The highest BCUT2D eigenvalue weighted by Crippen LogP contribution is 2.20. The summed E-state index contributed by atoms with van der Waals surface area (Å²) in [6.45, 7) is 1.61. The summed E-state index contributed by atoms with van der Waals surface area (Å²) in [5.41, 5.74) is 21.0. The molecule has 15 nitrogen and oxygen atoms in total. The van der Waals surface area contributed by atoms with E-state index in [4.69, 9.17) is 22.9 Å². The Morgan fingerprint density at radius 3 is 2.32 bits per heavy atom. The van der Waals surface area contributed by atoms with Crippen LogP contribution in [0.3, 0.4) is 0 Å². The Hall–Kier alpha value is -3.46. The minimum absolute atomic E-state index is 0.0582. The Morgan fingerprint density at radius 1 is 1.15 bits per heavy atom. The van der Waals surface area contributed by atoms with Gasteiger partial charge in [-0.1, -0.05) is 0 Å². The summed E-state index contributed by atoms with van der Waals surface area (Å²) in [6, 6.07) is -4.97. The number of likely N-dealkylation sites (tertiary alicyclic amines) is 1. The summed E-state index contributed by atoms with van der Waals surface area (Å²) in [4.78, 5) is 65.5. The molecule has 0 aromatic heterocycles. The molecule has 1 saturated heterocycles. The average Bonchev–Trinajstić information content (AvgIpc) is 3.22. The number of carboxylic acids is 1. The maximum atomic E-state index is 13.1. The number of nitrogens with zero attached hydrogens (tertiary/aromatic N) is 2. The van der Waals surface area contributed by atoms with Gasteiger partial charge in [0.25, 0.3) is 0 Å².